The quantitative estimate of drug-likeness (QED) is 0.0736. The minimum absolute atomic E-state index is 0.354. The van der Waals surface area contributed by atoms with E-state index < -0.39 is 11.9 Å². The fraction of sp³-hybridized carbons (Fsp3) is 0.107. The molecule has 0 aromatic heterocycles. The van der Waals surface area contributed by atoms with Crippen molar-refractivity contribution in [2.75, 3.05) is 9.80 Å². The zero-order valence-electron chi connectivity index (χ0n) is 36.0. The van der Waals surface area contributed by atoms with E-state index in [1.54, 1.807) is 13.8 Å². The van der Waals surface area contributed by atoms with Gasteiger partial charge in [-0.25, -0.2) is 9.59 Å². The molecule has 306 valence electrons. The van der Waals surface area contributed by atoms with Crippen LogP contribution >= 0.6 is 0 Å². The predicted octanol–water partition coefficient (Wildman–Crippen LogP) is 14.8. The van der Waals surface area contributed by atoms with E-state index in [1.165, 1.54) is 11.1 Å². The monoisotopic (exact) mass is 812 g/mol. The van der Waals surface area contributed by atoms with E-state index >= 15 is 0 Å². The highest BCUT2D eigenvalue weighted by molar-refractivity contribution is 5.95. The van der Waals surface area contributed by atoms with Crippen LogP contribution in [0.5, 0.6) is 11.5 Å². The van der Waals surface area contributed by atoms with Crippen molar-refractivity contribution in [2.45, 2.75) is 41.5 Å². The van der Waals surface area contributed by atoms with Gasteiger partial charge in [-0.05, 0) is 182 Å². The Morgan fingerprint density at radius 3 is 1.10 bits per heavy atom. The molecule has 0 aliphatic carbocycles. The van der Waals surface area contributed by atoms with Crippen molar-refractivity contribution >= 4 is 67.6 Å². The van der Waals surface area contributed by atoms with E-state index in [0.29, 0.717) is 22.6 Å². The molecule has 0 heterocycles. The molecule has 0 atom stereocenters. The van der Waals surface area contributed by atoms with E-state index in [4.69, 9.17) is 9.47 Å². The summed E-state index contributed by atoms with van der Waals surface area (Å²) in [5.41, 5.74) is 13.9. The normalized spacial score (nSPS) is 11.0. The number of rotatable bonds is 11. The number of ether oxygens (including phenoxy) is 2. The smallest absolute Gasteiger partial charge is 0.338 e. The van der Waals surface area contributed by atoms with Crippen LogP contribution in [0, 0.1) is 27.7 Å². The zero-order chi connectivity index (χ0) is 43.7. The summed E-state index contributed by atoms with van der Waals surface area (Å²) in [6.45, 7) is 19.2. The number of hydrogen-bond acceptors (Lipinski definition) is 6. The number of esters is 2. The van der Waals surface area contributed by atoms with Crippen LogP contribution in [0.4, 0.5) is 34.1 Å². The first-order valence-corrected chi connectivity index (χ1v) is 20.6. The third-order valence-corrected chi connectivity index (χ3v) is 11.0. The number of fused-ring (bicyclic) bond motifs is 2. The average Bonchev–Trinajstić information content (AvgIpc) is 3.26. The molecule has 8 aromatic rings. The highest BCUT2D eigenvalue weighted by Gasteiger charge is 2.19. The van der Waals surface area contributed by atoms with Gasteiger partial charge in [0.25, 0.3) is 0 Å². The van der Waals surface area contributed by atoms with Crippen LogP contribution in [0.15, 0.2) is 182 Å². The summed E-state index contributed by atoms with van der Waals surface area (Å²) in [7, 11) is 0. The molecule has 6 nitrogen and oxygen atoms in total. The van der Waals surface area contributed by atoms with Gasteiger partial charge < -0.3 is 19.3 Å². The molecule has 0 spiro atoms. The van der Waals surface area contributed by atoms with E-state index in [2.05, 4.69) is 172 Å². The summed E-state index contributed by atoms with van der Waals surface area (Å²) >= 11 is 0. The molecule has 0 amide bonds. The number of anilines is 6. The second-order valence-electron chi connectivity index (χ2n) is 16.1. The van der Waals surface area contributed by atoms with E-state index in [-0.39, 0.29) is 0 Å². The third-order valence-electron chi connectivity index (χ3n) is 11.0. The third kappa shape index (κ3) is 8.63. The number of benzene rings is 8. The summed E-state index contributed by atoms with van der Waals surface area (Å²) in [4.78, 5) is 29.0. The maximum atomic E-state index is 12.2. The largest absolute Gasteiger partial charge is 0.423 e. The number of carbonyl (C=O) groups excluding carboxylic acids is 2. The summed E-state index contributed by atoms with van der Waals surface area (Å²) in [6.07, 6.45) is 0. The molecule has 0 aliphatic heterocycles. The second kappa shape index (κ2) is 17.1. The Morgan fingerprint density at radius 2 is 0.742 bits per heavy atom. The molecule has 0 fully saturated rings. The van der Waals surface area contributed by atoms with Gasteiger partial charge in [-0.15, -0.1) is 0 Å². The molecule has 8 rings (SSSR count). The van der Waals surface area contributed by atoms with Crippen molar-refractivity contribution in [1.82, 2.24) is 0 Å². The summed E-state index contributed by atoms with van der Waals surface area (Å²) in [5.74, 6) is 0.0908. The predicted molar refractivity (Wildman–Crippen MR) is 256 cm³/mol. The molecule has 0 bridgehead atoms. The molecular weight excluding hydrogens is 765 g/mol. The fourth-order valence-corrected chi connectivity index (χ4v) is 7.63. The summed E-state index contributed by atoms with van der Waals surface area (Å²) in [5, 5.41) is 3.99. The molecule has 0 radical (unpaired) electrons. The molecule has 0 N–H and O–H groups in total. The first-order valence-electron chi connectivity index (χ1n) is 20.6. The van der Waals surface area contributed by atoms with Crippen molar-refractivity contribution < 1.29 is 19.1 Å². The molecule has 0 unspecified atom stereocenters. The topological polar surface area (TPSA) is 59.1 Å². The van der Waals surface area contributed by atoms with E-state index in [1.807, 2.05) is 36.4 Å². The van der Waals surface area contributed by atoms with Crippen molar-refractivity contribution in [3.63, 3.8) is 0 Å². The Kier molecular flexibility index (Phi) is 11.3. The highest BCUT2D eigenvalue weighted by Crippen LogP contribution is 2.42. The van der Waals surface area contributed by atoms with Crippen LogP contribution in [0.25, 0.3) is 32.7 Å². The van der Waals surface area contributed by atoms with Crippen LogP contribution in [-0.2, 0) is 9.59 Å². The molecule has 0 aliphatic rings. The number of aryl methyl sites for hydroxylation is 4. The molecule has 0 saturated carbocycles. The number of nitrogens with zero attached hydrogens (tertiary/aromatic N) is 2. The van der Waals surface area contributed by atoms with E-state index in [0.717, 1.165) is 77.9 Å². The van der Waals surface area contributed by atoms with Crippen molar-refractivity contribution in [3.05, 3.63) is 204 Å². The Labute approximate surface area is 363 Å². The standard InChI is InChI=1S/C56H48N2O4/c1-35(2)55(59)61-51-25-15-43-31-49(23-13-45(43)33-51)57(47-19-9-37(5)10-20-47)53-27-17-41(29-39(53)7)42-18-28-54(40(8)30-42)58(48-21-11-38(6)12-22-48)50-24-14-46-34-52(26-16-44(46)32-50)62-56(60)36(3)4/h9-34H,1,3H2,2,4-8H3. The van der Waals surface area contributed by atoms with Gasteiger partial charge in [0.2, 0.25) is 0 Å². The average molecular weight is 813 g/mol. The van der Waals surface area contributed by atoms with Crippen molar-refractivity contribution in [2.24, 2.45) is 0 Å². The Morgan fingerprint density at radius 1 is 0.403 bits per heavy atom. The van der Waals surface area contributed by atoms with Gasteiger partial charge in [0.15, 0.2) is 0 Å². The highest BCUT2D eigenvalue weighted by atomic mass is 16.5. The minimum atomic E-state index is -0.441. The van der Waals surface area contributed by atoms with Gasteiger partial charge in [-0.1, -0.05) is 84.9 Å². The molecule has 8 aromatic carbocycles. The van der Waals surface area contributed by atoms with E-state index in [9.17, 15) is 9.59 Å². The number of hydrogen-bond donors (Lipinski definition) is 0. The molecule has 6 heteroatoms. The van der Waals surface area contributed by atoms with Gasteiger partial charge >= 0.3 is 11.9 Å². The Bertz CT molecular complexity index is 2850. The van der Waals surface area contributed by atoms with Gasteiger partial charge in [-0.3, -0.25) is 0 Å². The molecule has 62 heavy (non-hydrogen) atoms. The molecular formula is C56H48N2O4. The van der Waals surface area contributed by atoms with Gasteiger partial charge in [0, 0.05) is 45.3 Å². The van der Waals surface area contributed by atoms with Crippen LogP contribution in [0.2, 0.25) is 0 Å². The lowest BCUT2D eigenvalue weighted by molar-refractivity contribution is -0.130. The lowest BCUT2D eigenvalue weighted by atomic mass is 9.98. The van der Waals surface area contributed by atoms with Crippen LogP contribution in [-0.4, -0.2) is 11.9 Å². The SMILES string of the molecule is C=C(C)C(=O)Oc1ccc2cc(N(c3ccc(C)cc3)c3ccc(-c4ccc(N(c5ccc(C)cc5)c5ccc6cc(OC(=O)C(=C)C)ccc6c5)c(C)c4)cc3C)ccc2c1. The molecule has 0 saturated heterocycles. The Balaban J connectivity index is 1.13. The van der Waals surface area contributed by atoms with Crippen molar-refractivity contribution in [1.29, 1.82) is 0 Å². The van der Waals surface area contributed by atoms with Crippen LogP contribution < -0.4 is 19.3 Å². The lowest BCUT2D eigenvalue weighted by Gasteiger charge is -2.28. The Hall–Kier alpha value is -7.70. The minimum Gasteiger partial charge on any atom is -0.423 e. The number of carbonyl (C=O) groups is 2. The van der Waals surface area contributed by atoms with Gasteiger partial charge in [-0.2, -0.15) is 0 Å². The zero-order valence-corrected chi connectivity index (χ0v) is 36.0. The first-order chi connectivity index (χ1) is 29.8. The van der Waals surface area contributed by atoms with Crippen LogP contribution in [0.1, 0.15) is 36.1 Å². The van der Waals surface area contributed by atoms with Crippen LogP contribution in [0.3, 0.4) is 0 Å². The maximum Gasteiger partial charge on any atom is 0.338 e. The van der Waals surface area contributed by atoms with Gasteiger partial charge in [0.1, 0.15) is 11.5 Å². The lowest BCUT2D eigenvalue weighted by Crippen LogP contribution is -2.12. The fourth-order valence-electron chi connectivity index (χ4n) is 7.63. The first kappa shape index (κ1) is 41.1. The van der Waals surface area contributed by atoms with Crippen molar-refractivity contribution in [3.8, 4) is 22.6 Å². The van der Waals surface area contributed by atoms with Gasteiger partial charge in [0.05, 0.1) is 0 Å². The summed E-state index contributed by atoms with van der Waals surface area (Å²) in [6, 6.07) is 54.6. The maximum absolute atomic E-state index is 12.2. The second-order valence-corrected chi connectivity index (χ2v) is 16.1. The summed E-state index contributed by atoms with van der Waals surface area (Å²) < 4.78 is 11.0.